The first-order valence-corrected chi connectivity index (χ1v) is 11.9. The standard InChI is InChI=1S/C25H43N5/c1-19(2)30-12-10-24(11-13-30)28-25(26-5)27-15-22-6-8-23(9-7-22)18-29-16-20(3)14-21(4)17-29/h6-9,19-21,24H,10-18H2,1-5H3,(H2,26,27,28). The largest absolute Gasteiger partial charge is 0.354 e. The van der Waals surface area contributed by atoms with Crippen LogP contribution >= 0.6 is 0 Å². The highest BCUT2D eigenvalue weighted by atomic mass is 15.2. The molecule has 2 aliphatic heterocycles. The van der Waals surface area contributed by atoms with E-state index in [2.05, 4.69) is 77.4 Å². The average molecular weight is 414 g/mol. The topological polar surface area (TPSA) is 42.9 Å². The zero-order valence-corrected chi connectivity index (χ0v) is 19.8. The first kappa shape index (κ1) is 23.1. The Kier molecular flexibility index (Phi) is 8.58. The summed E-state index contributed by atoms with van der Waals surface area (Å²) in [7, 11) is 1.86. The van der Waals surface area contributed by atoms with Gasteiger partial charge in [-0.1, -0.05) is 38.1 Å². The molecule has 2 unspecified atom stereocenters. The highest BCUT2D eigenvalue weighted by molar-refractivity contribution is 5.79. The lowest BCUT2D eigenvalue weighted by Gasteiger charge is -2.35. The van der Waals surface area contributed by atoms with E-state index in [1.807, 2.05) is 7.05 Å². The van der Waals surface area contributed by atoms with E-state index in [0.717, 1.165) is 30.9 Å². The van der Waals surface area contributed by atoms with Crippen LogP contribution in [0.4, 0.5) is 0 Å². The summed E-state index contributed by atoms with van der Waals surface area (Å²) in [6.45, 7) is 16.0. The molecule has 30 heavy (non-hydrogen) atoms. The van der Waals surface area contributed by atoms with Crippen molar-refractivity contribution in [2.45, 2.75) is 72.1 Å². The zero-order chi connectivity index (χ0) is 21.5. The Bertz CT molecular complexity index is 651. The van der Waals surface area contributed by atoms with Crippen LogP contribution in [0.25, 0.3) is 0 Å². The lowest BCUT2D eigenvalue weighted by molar-refractivity contribution is 0.134. The van der Waals surface area contributed by atoms with Gasteiger partial charge in [-0.2, -0.15) is 0 Å². The highest BCUT2D eigenvalue weighted by Crippen LogP contribution is 2.22. The van der Waals surface area contributed by atoms with Gasteiger partial charge >= 0.3 is 0 Å². The van der Waals surface area contributed by atoms with Gasteiger partial charge in [-0.25, -0.2) is 0 Å². The van der Waals surface area contributed by atoms with Gasteiger partial charge in [0.05, 0.1) is 0 Å². The summed E-state index contributed by atoms with van der Waals surface area (Å²) in [5.74, 6) is 2.54. The fraction of sp³-hybridized carbons (Fsp3) is 0.720. The van der Waals surface area contributed by atoms with Crippen molar-refractivity contribution in [1.82, 2.24) is 20.4 Å². The summed E-state index contributed by atoms with van der Waals surface area (Å²) in [4.78, 5) is 9.60. The van der Waals surface area contributed by atoms with Crippen LogP contribution in [0.3, 0.4) is 0 Å². The number of likely N-dealkylation sites (tertiary alicyclic amines) is 2. The van der Waals surface area contributed by atoms with Gasteiger partial charge in [-0.3, -0.25) is 9.89 Å². The molecule has 0 saturated carbocycles. The Morgan fingerprint density at radius 2 is 1.63 bits per heavy atom. The SMILES string of the molecule is CN=C(NCc1ccc(CN2CC(C)CC(C)C2)cc1)NC1CCN(C(C)C)CC1. The maximum Gasteiger partial charge on any atom is 0.191 e. The van der Waals surface area contributed by atoms with Crippen molar-refractivity contribution in [3.8, 4) is 0 Å². The van der Waals surface area contributed by atoms with Crippen molar-refractivity contribution < 1.29 is 0 Å². The van der Waals surface area contributed by atoms with Crippen LogP contribution in [0, 0.1) is 11.8 Å². The molecule has 1 aromatic carbocycles. The Morgan fingerprint density at radius 1 is 1.03 bits per heavy atom. The number of benzene rings is 1. The van der Waals surface area contributed by atoms with Gasteiger partial charge in [-0.15, -0.1) is 0 Å². The van der Waals surface area contributed by atoms with Crippen molar-refractivity contribution in [3.05, 3.63) is 35.4 Å². The van der Waals surface area contributed by atoms with Gasteiger partial charge in [0.2, 0.25) is 0 Å². The molecule has 1 aromatic rings. The minimum absolute atomic E-state index is 0.517. The average Bonchev–Trinajstić information content (AvgIpc) is 2.71. The molecule has 5 nitrogen and oxygen atoms in total. The third-order valence-electron chi connectivity index (χ3n) is 6.66. The molecule has 0 bridgehead atoms. The molecule has 0 spiro atoms. The van der Waals surface area contributed by atoms with Gasteiger partial charge < -0.3 is 15.5 Å². The number of aliphatic imine (C=N–C) groups is 1. The number of hydrogen-bond donors (Lipinski definition) is 2. The first-order valence-electron chi connectivity index (χ1n) is 11.9. The summed E-state index contributed by atoms with van der Waals surface area (Å²) in [6, 6.07) is 10.3. The van der Waals surface area contributed by atoms with Gasteiger partial charge in [0.15, 0.2) is 5.96 Å². The van der Waals surface area contributed by atoms with Crippen molar-refractivity contribution >= 4 is 5.96 Å². The van der Waals surface area contributed by atoms with E-state index in [9.17, 15) is 0 Å². The molecule has 2 fully saturated rings. The first-order chi connectivity index (χ1) is 14.4. The number of piperidine rings is 2. The van der Waals surface area contributed by atoms with Crippen LogP contribution in [0.2, 0.25) is 0 Å². The molecule has 5 heteroatoms. The summed E-state index contributed by atoms with van der Waals surface area (Å²) < 4.78 is 0. The molecule has 0 amide bonds. The van der Waals surface area contributed by atoms with Crippen molar-refractivity contribution in [2.75, 3.05) is 33.2 Å². The number of guanidine groups is 1. The number of hydrogen-bond acceptors (Lipinski definition) is 3. The minimum atomic E-state index is 0.517. The van der Waals surface area contributed by atoms with Crippen LogP contribution < -0.4 is 10.6 Å². The van der Waals surface area contributed by atoms with E-state index < -0.39 is 0 Å². The van der Waals surface area contributed by atoms with Crippen molar-refractivity contribution in [3.63, 3.8) is 0 Å². The second-order valence-corrected chi connectivity index (χ2v) is 9.93. The monoisotopic (exact) mass is 413 g/mol. The summed E-state index contributed by atoms with van der Waals surface area (Å²) in [5.41, 5.74) is 2.72. The molecule has 2 N–H and O–H groups in total. The van der Waals surface area contributed by atoms with Crippen LogP contribution in [0.1, 0.15) is 58.1 Å². The van der Waals surface area contributed by atoms with E-state index in [-0.39, 0.29) is 0 Å². The maximum absolute atomic E-state index is 4.43. The lowest BCUT2D eigenvalue weighted by Crippen LogP contribution is -2.49. The molecule has 2 atom stereocenters. The van der Waals surface area contributed by atoms with Gasteiger partial charge in [0.1, 0.15) is 0 Å². The molecule has 2 aliphatic rings. The number of nitrogens with zero attached hydrogens (tertiary/aromatic N) is 3. The van der Waals surface area contributed by atoms with Crippen LogP contribution in [0.5, 0.6) is 0 Å². The minimum Gasteiger partial charge on any atom is -0.354 e. The van der Waals surface area contributed by atoms with Crippen molar-refractivity contribution in [2.24, 2.45) is 16.8 Å². The fourth-order valence-electron chi connectivity index (χ4n) is 5.08. The Labute approximate surface area is 184 Å². The molecule has 0 aliphatic carbocycles. The van der Waals surface area contributed by atoms with Gasteiger partial charge in [-0.05, 0) is 56.1 Å². The lowest BCUT2D eigenvalue weighted by atomic mass is 9.91. The predicted molar refractivity (Wildman–Crippen MR) is 128 cm³/mol. The van der Waals surface area contributed by atoms with Crippen LogP contribution in [-0.2, 0) is 13.1 Å². The molecule has 0 aromatic heterocycles. The van der Waals surface area contributed by atoms with Gasteiger partial charge in [0, 0.05) is 58.4 Å². The van der Waals surface area contributed by atoms with Gasteiger partial charge in [0.25, 0.3) is 0 Å². The number of rotatable bonds is 6. The highest BCUT2D eigenvalue weighted by Gasteiger charge is 2.22. The summed E-state index contributed by atoms with van der Waals surface area (Å²) in [5, 5.41) is 7.11. The van der Waals surface area contributed by atoms with E-state index in [4.69, 9.17) is 0 Å². The van der Waals surface area contributed by atoms with E-state index >= 15 is 0 Å². The number of nitrogens with one attached hydrogen (secondary N) is 2. The molecular formula is C25H43N5. The normalized spacial score (nSPS) is 24.9. The third-order valence-corrected chi connectivity index (χ3v) is 6.66. The molecular weight excluding hydrogens is 370 g/mol. The molecule has 2 heterocycles. The molecule has 168 valence electrons. The molecule has 2 saturated heterocycles. The second-order valence-electron chi connectivity index (χ2n) is 9.93. The Balaban J connectivity index is 1.42. The summed E-state index contributed by atoms with van der Waals surface area (Å²) >= 11 is 0. The maximum atomic E-state index is 4.43. The molecule has 3 rings (SSSR count). The second kappa shape index (κ2) is 11.1. The Morgan fingerprint density at radius 3 is 2.20 bits per heavy atom. The summed E-state index contributed by atoms with van der Waals surface area (Å²) in [6.07, 6.45) is 3.73. The van der Waals surface area contributed by atoms with Crippen LogP contribution in [-0.4, -0.2) is 61.1 Å². The third kappa shape index (κ3) is 6.98. The predicted octanol–water partition coefficient (Wildman–Crippen LogP) is 3.70. The smallest absolute Gasteiger partial charge is 0.191 e. The Hall–Kier alpha value is -1.59. The van der Waals surface area contributed by atoms with E-state index in [0.29, 0.717) is 12.1 Å². The van der Waals surface area contributed by atoms with E-state index in [1.165, 1.54) is 56.6 Å². The van der Waals surface area contributed by atoms with E-state index in [1.54, 1.807) is 0 Å². The van der Waals surface area contributed by atoms with Crippen LogP contribution in [0.15, 0.2) is 29.3 Å². The quantitative estimate of drug-likeness (QED) is 0.551. The van der Waals surface area contributed by atoms with Crippen molar-refractivity contribution in [1.29, 1.82) is 0 Å². The zero-order valence-electron chi connectivity index (χ0n) is 19.8. The molecule has 0 radical (unpaired) electrons. The fourth-order valence-corrected chi connectivity index (χ4v) is 5.08.